The van der Waals surface area contributed by atoms with Crippen molar-refractivity contribution in [3.63, 3.8) is 0 Å². The van der Waals surface area contributed by atoms with Crippen LogP contribution in [0.4, 0.5) is 0 Å². The molecule has 0 fully saturated rings. The number of allylic oxidation sites excluding steroid dienone is 3. The smallest absolute Gasteiger partial charge is 0.0999 e. The summed E-state index contributed by atoms with van der Waals surface area (Å²) in [6.07, 6.45) is 1.88. The average molecular weight is 141 g/mol. The average Bonchev–Trinajstić information content (AvgIpc) is 1.82. The van der Waals surface area contributed by atoms with Gasteiger partial charge in [0, 0.05) is 6.54 Å². The van der Waals surface area contributed by atoms with Gasteiger partial charge < -0.3 is 10.5 Å². The van der Waals surface area contributed by atoms with Crippen LogP contribution in [0, 0.1) is 0 Å². The summed E-state index contributed by atoms with van der Waals surface area (Å²) in [6.45, 7) is 8.67. The Balaban J connectivity index is 3.60. The first-order valence-corrected chi connectivity index (χ1v) is 3.33. The van der Waals surface area contributed by atoms with Crippen molar-refractivity contribution in [2.45, 2.75) is 13.8 Å². The zero-order valence-electron chi connectivity index (χ0n) is 6.68. The standard InChI is InChI=1S/C8H15NO/c1-7(2)6-8(3)10-5-4-9/h6H,1,4-5,9H2,2-3H3/b8-6+. The number of hydrogen-bond donors (Lipinski definition) is 1. The van der Waals surface area contributed by atoms with Gasteiger partial charge >= 0.3 is 0 Å². The quantitative estimate of drug-likeness (QED) is 0.475. The zero-order valence-corrected chi connectivity index (χ0v) is 6.68. The largest absolute Gasteiger partial charge is 0.497 e. The lowest BCUT2D eigenvalue weighted by atomic mass is 10.3. The van der Waals surface area contributed by atoms with E-state index in [4.69, 9.17) is 10.5 Å². The van der Waals surface area contributed by atoms with Crippen LogP contribution < -0.4 is 5.73 Å². The molecule has 0 atom stereocenters. The first kappa shape index (κ1) is 9.24. The molecule has 0 aromatic rings. The maximum atomic E-state index is 5.23. The highest BCUT2D eigenvalue weighted by Gasteiger charge is 1.86. The molecule has 0 aromatic carbocycles. The van der Waals surface area contributed by atoms with Crippen LogP contribution in [0.5, 0.6) is 0 Å². The molecule has 0 heterocycles. The van der Waals surface area contributed by atoms with Crippen molar-refractivity contribution < 1.29 is 4.74 Å². The van der Waals surface area contributed by atoms with Crippen molar-refractivity contribution in [2.75, 3.05) is 13.2 Å². The number of ether oxygens (including phenoxy) is 1. The Bertz CT molecular complexity index is 138. The van der Waals surface area contributed by atoms with Crippen LogP contribution in [0.15, 0.2) is 24.0 Å². The van der Waals surface area contributed by atoms with E-state index in [1.165, 1.54) is 0 Å². The molecule has 2 heteroatoms. The van der Waals surface area contributed by atoms with Gasteiger partial charge in [-0.05, 0) is 19.9 Å². The molecule has 0 radical (unpaired) electrons. The Hall–Kier alpha value is -0.760. The normalized spacial score (nSPS) is 11.3. The van der Waals surface area contributed by atoms with Gasteiger partial charge in [-0.2, -0.15) is 0 Å². The predicted molar refractivity (Wildman–Crippen MR) is 43.6 cm³/mol. The fraction of sp³-hybridized carbons (Fsp3) is 0.500. The van der Waals surface area contributed by atoms with Gasteiger partial charge in [0.05, 0.1) is 12.4 Å². The summed E-state index contributed by atoms with van der Waals surface area (Å²) in [5.74, 6) is 0.873. The minimum atomic E-state index is 0.557. The molecule has 0 aromatic heterocycles. The van der Waals surface area contributed by atoms with Crippen molar-refractivity contribution >= 4 is 0 Å². The van der Waals surface area contributed by atoms with E-state index < -0.39 is 0 Å². The summed E-state index contributed by atoms with van der Waals surface area (Å²) in [7, 11) is 0. The molecule has 2 N–H and O–H groups in total. The topological polar surface area (TPSA) is 35.2 Å². The van der Waals surface area contributed by atoms with Crippen LogP contribution >= 0.6 is 0 Å². The molecule has 0 rings (SSSR count). The van der Waals surface area contributed by atoms with Crippen LogP contribution in [-0.4, -0.2) is 13.2 Å². The van der Waals surface area contributed by atoms with E-state index in [0.717, 1.165) is 11.3 Å². The summed E-state index contributed by atoms with van der Waals surface area (Å²) >= 11 is 0. The molecule has 2 nitrogen and oxygen atoms in total. The van der Waals surface area contributed by atoms with Gasteiger partial charge in [-0.25, -0.2) is 0 Å². The molecule has 0 bridgehead atoms. The molecule has 0 amide bonds. The molecule has 0 saturated carbocycles. The molecule has 0 unspecified atom stereocenters. The predicted octanol–water partition coefficient (Wildman–Crippen LogP) is 1.44. The second-order valence-corrected chi connectivity index (χ2v) is 2.24. The minimum Gasteiger partial charge on any atom is -0.497 e. The highest BCUT2D eigenvalue weighted by Crippen LogP contribution is 1.99. The van der Waals surface area contributed by atoms with Crippen LogP contribution in [0.25, 0.3) is 0 Å². The summed E-state index contributed by atoms with van der Waals surface area (Å²) < 4.78 is 5.18. The van der Waals surface area contributed by atoms with Crippen LogP contribution in [0.2, 0.25) is 0 Å². The third kappa shape index (κ3) is 5.38. The minimum absolute atomic E-state index is 0.557. The molecule has 0 aliphatic carbocycles. The number of rotatable bonds is 4. The Labute approximate surface area is 62.4 Å². The van der Waals surface area contributed by atoms with E-state index in [1.54, 1.807) is 0 Å². The third-order valence-corrected chi connectivity index (χ3v) is 0.897. The molecular weight excluding hydrogens is 126 g/mol. The van der Waals surface area contributed by atoms with Gasteiger partial charge in [-0.1, -0.05) is 12.2 Å². The Morgan fingerprint density at radius 1 is 1.60 bits per heavy atom. The second kappa shape index (κ2) is 5.06. The molecule has 0 aliphatic rings. The summed E-state index contributed by atoms with van der Waals surface area (Å²) in [5.41, 5.74) is 6.23. The molecular formula is C8H15NO. The van der Waals surface area contributed by atoms with Gasteiger partial charge in [-0.3, -0.25) is 0 Å². The molecule has 0 aliphatic heterocycles. The lowest BCUT2D eigenvalue weighted by Gasteiger charge is -2.02. The fourth-order valence-corrected chi connectivity index (χ4v) is 0.609. The Kier molecular flexibility index (Phi) is 4.67. The zero-order chi connectivity index (χ0) is 7.98. The van der Waals surface area contributed by atoms with Crippen molar-refractivity contribution in [1.29, 1.82) is 0 Å². The SMILES string of the molecule is C=C(C)/C=C(\C)OCCN. The maximum Gasteiger partial charge on any atom is 0.0999 e. The van der Waals surface area contributed by atoms with Gasteiger partial charge in [0.25, 0.3) is 0 Å². The van der Waals surface area contributed by atoms with E-state index in [-0.39, 0.29) is 0 Å². The summed E-state index contributed by atoms with van der Waals surface area (Å²) in [4.78, 5) is 0. The van der Waals surface area contributed by atoms with Gasteiger partial charge in [-0.15, -0.1) is 0 Å². The van der Waals surface area contributed by atoms with Crippen molar-refractivity contribution in [2.24, 2.45) is 5.73 Å². The van der Waals surface area contributed by atoms with E-state index in [1.807, 2.05) is 19.9 Å². The van der Waals surface area contributed by atoms with E-state index in [2.05, 4.69) is 6.58 Å². The van der Waals surface area contributed by atoms with E-state index in [0.29, 0.717) is 13.2 Å². The molecule has 0 spiro atoms. The number of nitrogens with two attached hydrogens (primary N) is 1. The number of hydrogen-bond acceptors (Lipinski definition) is 2. The van der Waals surface area contributed by atoms with Crippen molar-refractivity contribution in [3.8, 4) is 0 Å². The van der Waals surface area contributed by atoms with Gasteiger partial charge in [0.2, 0.25) is 0 Å². The highest BCUT2D eigenvalue weighted by molar-refractivity contribution is 5.13. The molecule has 10 heavy (non-hydrogen) atoms. The monoisotopic (exact) mass is 141 g/mol. The first-order chi connectivity index (χ1) is 4.66. The van der Waals surface area contributed by atoms with Crippen molar-refractivity contribution in [3.05, 3.63) is 24.0 Å². The Morgan fingerprint density at radius 3 is 2.60 bits per heavy atom. The second-order valence-electron chi connectivity index (χ2n) is 2.24. The van der Waals surface area contributed by atoms with Crippen molar-refractivity contribution in [1.82, 2.24) is 0 Å². The maximum absolute atomic E-state index is 5.23. The highest BCUT2D eigenvalue weighted by atomic mass is 16.5. The lowest BCUT2D eigenvalue weighted by molar-refractivity contribution is 0.223. The van der Waals surface area contributed by atoms with E-state index in [9.17, 15) is 0 Å². The van der Waals surface area contributed by atoms with Crippen LogP contribution in [-0.2, 0) is 4.74 Å². The fourth-order valence-electron chi connectivity index (χ4n) is 0.609. The van der Waals surface area contributed by atoms with Crippen LogP contribution in [0.3, 0.4) is 0 Å². The third-order valence-electron chi connectivity index (χ3n) is 0.897. The summed E-state index contributed by atoms with van der Waals surface area (Å²) in [5, 5.41) is 0. The Morgan fingerprint density at radius 2 is 2.20 bits per heavy atom. The lowest BCUT2D eigenvalue weighted by Crippen LogP contribution is -2.07. The first-order valence-electron chi connectivity index (χ1n) is 3.33. The van der Waals surface area contributed by atoms with Gasteiger partial charge in [0.15, 0.2) is 0 Å². The molecule has 58 valence electrons. The van der Waals surface area contributed by atoms with Crippen LogP contribution in [0.1, 0.15) is 13.8 Å². The van der Waals surface area contributed by atoms with E-state index >= 15 is 0 Å². The summed E-state index contributed by atoms with van der Waals surface area (Å²) in [6, 6.07) is 0. The molecule has 0 saturated heterocycles. The van der Waals surface area contributed by atoms with Gasteiger partial charge in [0.1, 0.15) is 0 Å².